The SMILES string of the molecule is C[C@@H]1Cc2nc(NC(=O)NC3CC(O)C3)sc2[C@H](C)N1c1cc(-c2ccc(F)cc2)on1. The monoisotopic (exact) mass is 457 g/mol. The Morgan fingerprint density at radius 1 is 1.28 bits per heavy atom. The highest BCUT2D eigenvalue weighted by Crippen LogP contribution is 2.41. The Bertz CT molecular complexity index is 1130. The van der Waals surface area contributed by atoms with Gasteiger partial charge in [-0.05, 0) is 51.0 Å². The summed E-state index contributed by atoms with van der Waals surface area (Å²) in [5.74, 6) is 0.988. The lowest BCUT2D eigenvalue weighted by Gasteiger charge is -2.37. The molecule has 8 nitrogen and oxygen atoms in total. The number of halogens is 1. The predicted octanol–water partition coefficient (Wildman–Crippen LogP) is 4.09. The van der Waals surface area contributed by atoms with Crippen LogP contribution in [0, 0.1) is 5.82 Å². The van der Waals surface area contributed by atoms with E-state index in [-0.39, 0.29) is 36.1 Å². The summed E-state index contributed by atoms with van der Waals surface area (Å²) in [7, 11) is 0. The van der Waals surface area contributed by atoms with Crippen molar-refractivity contribution in [2.24, 2.45) is 0 Å². The van der Waals surface area contributed by atoms with Gasteiger partial charge in [0.1, 0.15) is 5.82 Å². The molecule has 1 aromatic carbocycles. The summed E-state index contributed by atoms with van der Waals surface area (Å²) in [6.07, 6.45) is 1.57. The van der Waals surface area contributed by atoms with Gasteiger partial charge in [-0.2, -0.15) is 0 Å². The molecule has 2 amide bonds. The summed E-state index contributed by atoms with van der Waals surface area (Å²) < 4.78 is 18.8. The van der Waals surface area contributed by atoms with E-state index in [1.54, 1.807) is 12.1 Å². The molecule has 0 spiro atoms. The molecule has 0 saturated heterocycles. The third-order valence-electron chi connectivity index (χ3n) is 6.05. The zero-order chi connectivity index (χ0) is 22.4. The van der Waals surface area contributed by atoms with E-state index in [2.05, 4.69) is 39.5 Å². The van der Waals surface area contributed by atoms with Gasteiger partial charge in [0.2, 0.25) is 0 Å². The van der Waals surface area contributed by atoms with E-state index in [1.165, 1.54) is 23.5 Å². The van der Waals surface area contributed by atoms with Crippen LogP contribution in [0.5, 0.6) is 0 Å². The number of aliphatic hydroxyl groups excluding tert-OH is 1. The Morgan fingerprint density at radius 3 is 2.75 bits per heavy atom. The number of carbonyl (C=O) groups excluding carboxylic acids is 1. The van der Waals surface area contributed by atoms with Crippen LogP contribution < -0.4 is 15.5 Å². The first-order chi connectivity index (χ1) is 15.4. The Balaban J connectivity index is 1.31. The third-order valence-corrected chi connectivity index (χ3v) is 7.23. The third kappa shape index (κ3) is 3.95. The molecule has 0 radical (unpaired) electrons. The largest absolute Gasteiger partial charge is 0.393 e. The number of nitrogens with one attached hydrogen (secondary N) is 2. The quantitative estimate of drug-likeness (QED) is 0.545. The lowest BCUT2D eigenvalue weighted by atomic mass is 9.90. The Morgan fingerprint density at radius 2 is 2.03 bits per heavy atom. The van der Waals surface area contributed by atoms with Crippen molar-refractivity contribution in [1.82, 2.24) is 15.5 Å². The predicted molar refractivity (Wildman–Crippen MR) is 119 cm³/mol. The van der Waals surface area contributed by atoms with Crippen molar-refractivity contribution in [2.45, 2.75) is 57.3 Å². The smallest absolute Gasteiger partial charge is 0.321 e. The van der Waals surface area contributed by atoms with E-state index >= 15 is 0 Å². The fraction of sp³-hybridized carbons (Fsp3) is 0.409. The first kappa shape index (κ1) is 20.9. The molecule has 1 saturated carbocycles. The van der Waals surface area contributed by atoms with E-state index in [4.69, 9.17) is 4.52 Å². The van der Waals surface area contributed by atoms with Crippen molar-refractivity contribution in [3.05, 3.63) is 46.7 Å². The summed E-state index contributed by atoms with van der Waals surface area (Å²) in [5.41, 5.74) is 1.74. The van der Waals surface area contributed by atoms with Gasteiger partial charge in [-0.25, -0.2) is 14.2 Å². The Hall–Kier alpha value is -2.98. The number of anilines is 2. The fourth-order valence-corrected chi connectivity index (χ4v) is 5.40. The molecule has 32 heavy (non-hydrogen) atoms. The maximum atomic E-state index is 13.2. The van der Waals surface area contributed by atoms with E-state index in [9.17, 15) is 14.3 Å². The lowest BCUT2D eigenvalue weighted by Crippen LogP contribution is -2.48. The minimum Gasteiger partial charge on any atom is -0.393 e. The Labute approximate surface area is 188 Å². The molecule has 1 aliphatic carbocycles. The van der Waals surface area contributed by atoms with Crippen LogP contribution in [0.4, 0.5) is 20.1 Å². The van der Waals surface area contributed by atoms with Gasteiger partial charge in [-0.1, -0.05) is 16.5 Å². The standard InChI is InChI=1S/C22H24FN5O3S/c1-11-7-17-20(32-22(25-17)26-21(30)24-15-8-16(29)9-15)12(2)28(11)19-10-18(31-27-19)13-3-5-14(23)6-4-13/h3-6,10-12,15-16,29H,7-9H2,1-2H3,(H2,24,25,26,30)/t11-,12+,15?,16?/m1/s1. The molecule has 2 aromatic heterocycles. The zero-order valence-electron chi connectivity index (χ0n) is 17.7. The number of aromatic nitrogens is 2. The number of amides is 2. The van der Waals surface area contributed by atoms with Crippen LogP contribution in [0.1, 0.15) is 43.3 Å². The molecule has 3 aromatic rings. The summed E-state index contributed by atoms with van der Waals surface area (Å²) in [5, 5.41) is 19.9. The summed E-state index contributed by atoms with van der Waals surface area (Å²) in [4.78, 5) is 20.1. The summed E-state index contributed by atoms with van der Waals surface area (Å²) in [6, 6.07) is 7.82. The number of hydrogen-bond acceptors (Lipinski definition) is 7. The normalized spacial score (nSPS) is 24.6. The molecule has 5 rings (SSSR count). The first-order valence-electron chi connectivity index (χ1n) is 10.6. The molecule has 0 unspecified atom stereocenters. The maximum absolute atomic E-state index is 13.2. The number of nitrogens with zero attached hydrogens (tertiary/aromatic N) is 3. The van der Waals surface area contributed by atoms with Crippen LogP contribution in [0.3, 0.4) is 0 Å². The highest BCUT2D eigenvalue weighted by molar-refractivity contribution is 7.16. The van der Waals surface area contributed by atoms with Crippen molar-refractivity contribution < 1.29 is 18.8 Å². The summed E-state index contributed by atoms with van der Waals surface area (Å²) in [6.45, 7) is 4.19. The average Bonchev–Trinajstić information content (AvgIpc) is 3.35. The van der Waals surface area contributed by atoms with Gasteiger partial charge in [-0.3, -0.25) is 5.32 Å². The summed E-state index contributed by atoms with van der Waals surface area (Å²) >= 11 is 1.46. The van der Waals surface area contributed by atoms with Crippen molar-refractivity contribution in [3.8, 4) is 11.3 Å². The molecule has 3 heterocycles. The molecule has 2 atom stereocenters. The van der Waals surface area contributed by atoms with Crippen LogP contribution in [-0.2, 0) is 6.42 Å². The van der Waals surface area contributed by atoms with Crippen molar-refractivity contribution in [1.29, 1.82) is 0 Å². The first-order valence-corrected chi connectivity index (χ1v) is 11.4. The molecule has 10 heteroatoms. The maximum Gasteiger partial charge on any atom is 0.321 e. The fourth-order valence-electron chi connectivity index (χ4n) is 4.36. The minimum absolute atomic E-state index is 0.00203. The minimum atomic E-state index is -0.319. The van der Waals surface area contributed by atoms with Gasteiger partial charge in [0, 0.05) is 30.1 Å². The topological polar surface area (TPSA) is 104 Å². The van der Waals surface area contributed by atoms with E-state index < -0.39 is 0 Å². The van der Waals surface area contributed by atoms with E-state index in [0.29, 0.717) is 36.0 Å². The molecular formula is C22H24FN5O3S. The van der Waals surface area contributed by atoms with Crippen LogP contribution >= 0.6 is 11.3 Å². The molecular weight excluding hydrogens is 433 g/mol. The van der Waals surface area contributed by atoms with Crippen molar-refractivity contribution in [2.75, 3.05) is 10.2 Å². The number of carbonyl (C=O) groups is 1. The second-order valence-corrected chi connectivity index (χ2v) is 9.47. The molecule has 168 valence electrons. The van der Waals surface area contributed by atoms with Crippen LogP contribution in [0.15, 0.2) is 34.9 Å². The van der Waals surface area contributed by atoms with Gasteiger partial charge in [0.05, 0.1) is 22.7 Å². The van der Waals surface area contributed by atoms with Gasteiger partial charge < -0.3 is 19.8 Å². The molecule has 2 aliphatic rings. The second-order valence-electron chi connectivity index (χ2n) is 8.44. The number of rotatable bonds is 4. The van der Waals surface area contributed by atoms with Gasteiger partial charge in [0.15, 0.2) is 16.7 Å². The van der Waals surface area contributed by atoms with Gasteiger partial charge in [-0.15, -0.1) is 0 Å². The van der Waals surface area contributed by atoms with Crippen LogP contribution in [0.2, 0.25) is 0 Å². The number of fused-ring (bicyclic) bond motifs is 1. The average molecular weight is 458 g/mol. The zero-order valence-corrected chi connectivity index (χ0v) is 18.5. The van der Waals surface area contributed by atoms with Crippen molar-refractivity contribution in [3.63, 3.8) is 0 Å². The van der Waals surface area contributed by atoms with Crippen molar-refractivity contribution >= 4 is 28.3 Å². The molecule has 0 bridgehead atoms. The highest BCUT2D eigenvalue weighted by atomic mass is 32.1. The molecule has 1 aliphatic heterocycles. The highest BCUT2D eigenvalue weighted by Gasteiger charge is 2.35. The molecule has 1 fully saturated rings. The number of benzene rings is 1. The van der Waals surface area contributed by atoms with E-state index in [0.717, 1.165) is 16.1 Å². The Kier molecular flexibility index (Phi) is 5.34. The number of urea groups is 1. The van der Waals surface area contributed by atoms with Gasteiger partial charge in [0.25, 0.3) is 0 Å². The van der Waals surface area contributed by atoms with Crippen LogP contribution in [0.25, 0.3) is 11.3 Å². The second kappa shape index (κ2) is 8.18. The van der Waals surface area contributed by atoms with Gasteiger partial charge >= 0.3 is 6.03 Å². The number of hydrogen-bond donors (Lipinski definition) is 3. The number of aliphatic hydroxyl groups is 1. The lowest BCUT2D eigenvalue weighted by molar-refractivity contribution is 0.0671. The molecule has 3 N–H and O–H groups in total. The van der Waals surface area contributed by atoms with E-state index in [1.807, 2.05) is 6.07 Å². The van der Waals surface area contributed by atoms with Crippen LogP contribution in [-0.4, -0.2) is 39.5 Å². The number of thiazole rings is 1.